The van der Waals surface area contributed by atoms with E-state index < -0.39 is 0 Å². The van der Waals surface area contributed by atoms with Gasteiger partial charge in [-0.2, -0.15) is 0 Å². The largest absolute Gasteiger partial charge is 0.341 e. The molecule has 132 valence electrons. The summed E-state index contributed by atoms with van der Waals surface area (Å²) in [6.07, 6.45) is 4.71. The van der Waals surface area contributed by atoms with Gasteiger partial charge in [0.2, 0.25) is 5.95 Å². The predicted octanol–water partition coefficient (Wildman–Crippen LogP) is 4.72. The Balaban J connectivity index is 1.80. The number of nitrogens with zero attached hydrogens (tertiary/aromatic N) is 3. The summed E-state index contributed by atoms with van der Waals surface area (Å²) in [4.78, 5) is 23.7. The summed E-state index contributed by atoms with van der Waals surface area (Å²) in [5, 5.41) is 3.64. The topological polar surface area (TPSA) is 58.1 Å². The number of aryl methyl sites for hydroxylation is 1. The van der Waals surface area contributed by atoms with Crippen molar-refractivity contribution in [3.05, 3.63) is 45.7 Å². The van der Waals surface area contributed by atoms with E-state index in [-0.39, 0.29) is 5.91 Å². The number of nitrogens with one attached hydrogen (secondary N) is 1. The van der Waals surface area contributed by atoms with Gasteiger partial charge in [0.15, 0.2) is 0 Å². The zero-order valence-electron chi connectivity index (χ0n) is 14.1. The first-order chi connectivity index (χ1) is 12.0. The number of anilines is 2. The molecule has 1 amide bonds. The molecule has 1 aromatic carbocycles. The predicted molar refractivity (Wildman–Crippen MR) is 102 cm³/mol. The molecule has 1 aliphatic heterocycles. The first kappa shape index (κ1) is 18.0. The van der Waals surface area contributed by atoms with Crippen molar-refractivity contribution in [3.8, 4) is 0 Å². The normalized spacial score (nSPS) is 14.9. The molecule has 5 nitrogen and oxygen atoms in total. The number of amides is 1. The summed E-state index contributed by atoms with van der Waals surface area (Å²) in [7, 11) is 0. The number of rotatable bonds is 3. The lowest BCUT2D eigenvalue weighted by Gasteiger charge is -2.21. The Kier molecular flexibility index (Phi) is 5.76. The molecule has 0 spiro atoms. The van der Waals surface area contributed by atoms with E-state index in [9.17, 15) is 4.79 Å². The molecule has 1 N–H and O–H groups in total. The minimum atomic E-state index is -0.292. The summed E-state index contributed by atoms with van der Waals surface area (Å²) in [6.45, 7) is 3.73. The average Bonchev–Trinajstić information content (AvgIpc) is 2.87. The lowest BCUT2D eigenvalue weighted by molar-refractivity contribution is 0.102. The van der Waals surface area contributed by atoms with Crippen molar-refractivity contribution in [2.24, 2.45) is 0 Å². The van der Waals surface area contributed by atoms with Crippen molar-refractivity contribution < 1.29 is 4.79 Å². The molecular formula is C18H20Cl2N4O. The van der Waals surface area contributed by atoms with Crippen molar-refractivity contribution in [1.82, 2.24) is 9.97 Å². The van der Waals surface area contributed by atoms with Crippen LogP contribution in [0.4, 0.5) is 11.6 Å². The minimum absolute atomic E-state index is 0.292. The number of carbonyl (C=O) groups excluding carboxylic acids is 1. The van der Waals surface area contributed by atoms with Gasteiger partial charge in [-0.3, -0.25) is 4.79 Å². The molecule has 1 fully saturated rings. The molecule has 2 heterocycles. The Bertz CT molecular complexity index is 774. The second-order valence-electron chi connectivity index (χ2n) is 6.18. The number of hydrogen-bond acceptors (Lipinski definition) is 4. The van der Waals surface area contributed by atoms with Crippen LogP contribution >= 0.6 is 23.2 Å². The summed E-state index contributed by atoms with van der Waals surface area (Å²) in [5.74, 6) is 0.334. The maximum Gasteiger partial charge on any atom is 0.274 e. The maximum atomic E-state index is 12.6. The molecule has 0 saturated carbocycles. The van der Waals surface area contributed by atoms with Crippen molar-refractivity contribution in [3.63, 3.8) is 0 Å². The Morgan fingerprint density at radius 3 is 2.44 bits per heavy atom. The molecule has 0 radical (unpaired) electrons. The third kappa shape index (κ3) is 4.61. The standard InChI is InChI=1S/C18H20Cl2N4O/c1-12-10-16(17(25)22-13-6-7-14(19)15(20)11-13)23-18(21-12)24-8-4-2-3-5-9-24/h6-7,10-11H,2-5,8-9H2,1H3,(H,22,25). The second-order valence-corrected chi connectivity index (χ2v) is 6.99. The van der Waals surface area contributed by atoms with Crippen LogP contribution in [0.3, 0.4) is 0 Å². The smallest absolute Gasteiger partial charge is 0.274 e. The van der Waals surface area contributed by atoms with Gasteiger partial charge in [0, 0.05) is 24.5 Å². The van der Waals surface area contributed by atoms with Crippen LogP contribution in [0.25, 0.3) is 0 Å². The third-order valence-electron chi connectivity index (χ3n) is 4.14. The second kappa shape index (κ2) is 8.02. The zero-order chi connectivity index (χ0) is 17.8. The van der Waals surface area contributed by atoms with E-state index in [1.165, 1.54) is 12.8 Å². The Hall–Kier alpha value is -1.85. The van der Waals surface area contributed by atoms with E-state index in [0.29, 0.717) is 27.4 Å². The van der Waals surface area contributed by atoms with Crippen molar-refractivity contribution in [2.75, 3.05) is 23.3 Å². The quantitative estimate of drug-likeness (QED) is 0.838. The van der Waals surface area contributed by atoms with Crippen LogP contribution in [0.5, 0.6) is 0 Å². The van der Waals surface area contributed by atoms with E-state index in [4.69, 9.17) is 23.2 Å². The summed E-state index contributed by atoms with van der Waals surface area (Å²) >= 11 is 11.9. The highest BCUT2D eigenvalue weighted by molar-refractivity contribution is 6.42. The molecule has 0 unspecified atom stereocenters. The van der Waals surface area contributed by atoms with Gasteiger partial charge in [0.1, 0.15) is 5.69 Å². The number of carbonyl (C=O) groups is 1. The van der Waals surface area contributed by atoms with Gasteiger partial charge in [-0.1, -0.05) is 36.0 Å². The van der Waals surface area contributed by atoms with Gasteiger partial charge in [-0.25, -0.2) is 9.97 Å². The molecule has 3 rings (SSSR count). The van der Waals surface area contributed by atoms with Gasteiger partial charge in [0.05, 0.1) is 10.0 Å². The molecule has 7 heteroatoms. The highest BCUT2D eigenvalue weighted by Gasteiger charge is 2.17. The maximum absolute atomic E-state index is 12.6. The summed E-state index contributed by atoms with van der Waals surface area (Å²) < 4.78 is 0. The summed E-state index contributed by atoms with van der Waals surface area (Å²) in [5.41, 5.74) is 1.69. The van der Waals surface area contributed by atoms with Gasteiger partial charge in [-0.05, 0) is 44.0 Å². The van der Waals surface area contributed by atoms with Crippen LogP contribution in [0, 0.1) is 6.92 Å². The summed E-state index contributed by atoms with van der Waals surface area (Å²) in [6, 6.07) is 6.66. The SMILES string of the molecule is Cc1cc(C(=O)Nc2ccc(Cl)c(Cl)c2)nc(N2CCCCCC2)n1. The molecule has 0 aliphatic carbocycles. The van der Waals surface area contributed by atoms with Crippen molar-refractivity contribution in [1.29, 1.82) is 0 Å². The van der Waals surface area contributed by atoms with E-state index in [1.807, 2.05) is 6.92 Å². The Labute approximate surface area is 157 Å². The van der Waals surface area contributed by atoms with Crippen LogP contribution in [0.1, 0.15) is 41.9 Å². The highest BCUT2D eigenvalue weighted by Crippen LogP contribution is 2.25. The molecule has 0 atom stereocenters. The van der Waals surface area contributed by atoms with Crippen LogP contribution in [0.15, 0.2) is 24.3 Å². The van der Waals surface area contributed by atoms with E-state index in [2.05, 4.69) is 20.2 Å². The van der Waals surface area contributed by atoms with E-state index >= 15 is 0 Å². The fraction of sp³-hybridized carbons (Fsp3) is 0.389. The van der Waals surface area contributed by atoms with Gasteiger partial charge in [0.25, 0.3) is 5.91 Å². The minimum Gasteiger partial charge on any atom is -0.341 e. The number of benzene rings is 1. The van der Waals surface area contributed by atoms with Crippen LogP contribution < -0.4 is 10.2 Å². The first-order valence-electron chi connectivity index (χ1n) is 8.40. The fourth-order valence-corrected chi connectivity index (χ4v) is 3.15. The zero-order valence-corrected chi connectivity index (χ0v) is 15.6. The van der Waals surface area contributed by atoms with Gasteiger partial charge in [-0.15, -0.1) is 0 Å². The lowest BCUT2D eigenvalue weighted by atomic mass is 10.2. The molecule has 1 aromatic heterocycles. The van der Waals surface area contributed by atoms with E-state index in [0.717, 1.165) is 31.6 Å². The first-order valence-corrected chi connectivity index (χ1v) is 9.15. The van der Waals surface area contributed by atoms with E-state index in [1.54, 1.807) is 24.3 Å². The third-order valence-corrected chi connectivity index (χ3v) is 4.88. The van der Waals surface area contributed by atoms with Crippen LogP contribution in [0.2, 0.25) is 10.0 Å². The van der Waals surface area contributed by atoms with Crippen molar-refractivity contribution in [2.45, 2.75) is 32.6 Å². The average molecular weight is 379 g/mol. The molecule has 1 aliphatic rings. The van der Waals surface area contributed by atoms with Gasteiger partial charge >= 0.3 is 0 Å². The van der Waals surface area contributed by atoms with Crippen LogP contribution in [-0.4, -0.2) is 29.0 Å². The van der Waals surface area contributed by atoms with Crippen LogP contribution in [-0.2, 0) is 0 Å². The monoisotopic (exact) mass is 378 g/mol. The number of halogens is 2. The van der Waals surface area contributed by atoms with Gasteiger partial charge < -0.3 is 10.2 Å². The lowest BCUT2D eigenvalue weighted by Crippen LogP contribution is -2.27. The highest BCUT2D eigenvalue weighted by atomic mass is 35.5. The number of aromatic nitrogens is 2. The fourth-order valence-electron chi connectivity index (χ4n) is 2.85. The Morgan fingerprint density at radius 1 is 1.04 bits per heavy atom. The molecular weight excluding hydrogens is 359 g/mol. The molecule has 0 bridgehead atoms. The molecule has 1 saturated heterocycles. The number of hydrogen-bond donors (Lipinski definition) is 1. The molecule has 25 heavy (non-hydrogen) atoms. The molecule has 2 aromatic rings. The Morgan fingerprint density at radius 2 is 1.76 bits per heavy atom. The van der Waals surface area contributed by atoms with Crippen molar-refractivity contribution >= 4 is 40.7 Å².